The average molecular weight is 202 g/mol. The fraction of sp³-hybridized carbons (Fsp3) is 0. The Bertz CT molecular complexity index is 661. The minimum atomic E-state index is -0.293. The van der Waals surface area contributed by atoms with E-state index in [0.717, 1.165) is 0 Å². The molecule has 2 aromatic heterocycles. The smallest absolute Gasteiger partial charge is 0.286 e. The number of allylic oxidation sites excluding steroid dienone is 1. The lowest BCUT2D eigenvalue weighted by Gasteiger charge is -2.10. The Morgan fingerprint density at radius 2 is 2.27 bits per heavy atom. The number of rotatable bonds is 0. The van der Waals surface area contributed by atoms with Gasteiger partial charge in [-0.2, -0.15) is 4.98 Å². The molecule has 0 spiro atoms. The third kappa shape index (κ3) is 0.938. The summed E-state index contributed by atoms with van der Waals surface area (Å²) in [6.07, 6.45) is 4.67. The van der Waals surface area contributed by atoms with Crippen molar-refractivity contribution in [1.29, 1.82) is 0 Å². The Morgan fingerprint density at radius 1 is 1.47 bits per heavy atom. The standard InChI is InChI=1S/C8H6N6O/c9-8-13-6-5(11-3-12-6)7(15)14(8)4-1-2-10-4/h1-3H,(H2,9,13)(H,11,12). The highest BCUT2D eigenvalue weighted by atomic mass is 16.1. The zero-order valence-corrected chi connectivity index (χ0v) is 7.51. The maximum absolute atomic E-state index is 11.9. The molecule has 0 aromatic carbocycles. The summed E-state index contributed by atoms with van der Waals surface area (Å²) in [6, 6.07) is 0. The lowest BCUT2D eigenvalue weighted by molar-refractivity contribution is 1.02. The van der Waals surface area contributed by atoms with Crippen LogP contribution in [0.2, 0.25) is 0 Å². The topological polar surface area (TPSA) is 102 Å². The molecule has 1 aliphatic rings. The molecule has 2 aromatic rings. The van der Waals surface area contributed by atoms with Crippen LogP contribution in [0.5, 0.6) is 0 Å². The first-order valence-electron chi connectivity index (χ1n) is 4.24. The number of imidazole rings is 1. The van der Waals surface area contributed by atoms with Crippen molar-refractivity contribution in [2.45, 2.75) is 0 Å². The zero-order valence-electron chi connectivity index (χ0n) is 7.51. The van der Waals surface area contributed by atoms with E-state index in [0.29, 0.717) is 17.0 Å². The van der Waals surface area contributed by atoms with Crippen LogP contribution in [0.25, 0.3) is 11.2 Å². The first kappa shape index (κ1) is 7.92. The highest BCUT2D eigenvalue weighted by Crippen LogP contribution is 2.07. The van der Waals surface area contributed by atoms with Crippen LogP contribution in [0.4, 0.5) is 5.95 Å². The molecule has 0 fully saturated rings. The number of nitrogens with two attached hydrogens (primary N) is 1. The second-order valence-electron chi connectivity index (χ2n) is 3.01. The van der Waals surface area contributed by atoms with Crippen molar-refractivity contribution in [3.63, 3.8) is 0 Å². The number of hydrogen-bond acceptors (Lipinski definition) is 5. The molecule has 0 radical (unpaired) electrons. The number of anilines is 1. The largest absolute Gasteiger partial charge is 0.369 e. The maximum Gasteiger partial charge on any atom is 0.286 e. The van der Waals surface area contributed by atoms with E-state index in [4.69, 9.17) is 5.73 Å². The van der Waals surface area contributed by atoms with E-state index in [1.807, 2.05) is 0 Å². The Morgan fingerprint density at radius 3 is 2.93 bits per heavy atom. The van der Waals surface area contributed by atoms with Crippen LogP contribution in [0.3, 0.4) is 0 Å². The van der Waals surface area contributed by atoms with E-state index in [1.54, 1.807) is 12.3 Å². The molecule has 0 atom stereocenters. The van der Waals surface area contributed by atoms with Gasteiger partial charge in [-0.1, -0.05) is 0 Å². The number of hydrogen-bond donors (Lipinski definition) is 2. The second-order valence-corrected chi connectivity index (χ2v) is 3.01. The molecule has 7 nitrogen and oxygen atoms in total. The summed E-state index contributed by atoms with van der Waals surface area (Å²) in [4.78, 5) is 26.4. The highest BCUT2D eigenvalue weighted by Gasteiger charge is 2.15. The van der Waals surface area contributed by atoms with Gasteiger partial charge in [0, 0.05) is 6.20 Å². The van der Waals surface area contributed by atoms with Gasteiger partial charge in [0.2, 0.25) is 5.95 Å². The van der Waals surface area contributed by atoms with Crippen molar-refractivity contribution in [3.8, 4) is 0 Å². The second kappa shape index (κ2) is 2.53. The molecule has 0 aliphatic carbocycles. The Labute approximate surface area is 83.0 Å². The van der Waals surface area contributed by atoms with E-state index in [1.165, 1.54) is 10.9 Å². The van der Waals surface area contributed by atoms with E-state index in [9.17, 15) is 4.79 Å². The third-order valence-electron chi connectivity index (χ3n) is 2.15. The van der Waals surface area contributed by atoms with Crippen LogP contribution in [-0.2, 0) is 0 Å². The lowest BCUT2D eigenvalue weighted by Crippen LogP contribution is -2.31. The molecule has 0 saturated heterocycles. The summed E-state index contributed by atoms with van der Waals surface area (Å²) in [6.45, 7) is 0. The number of nitrogen functional groups attached to an aromatic ring is 1. The zero-order chi connectivity index (χ0) is 10.4. The van der Waals surface area contributed by atoms with E-state index in [2.05, 4.69) is 19.9 Å². The highest BCUT2D eigenvalue weighted by molar-refractivity contribution is 6.01. The van der Waals surface area contributed by atoms with E-state index < -0.39 is 0 Å². The number of fused-ring (bicyclic) bond motifs is 1. The van der Waals surface area contributed by atoms with Gasteiger partial charge in [-0.05, 0) is 6.08 Å². The van der Waals surface area contributed by atoms with Crippen molar-refractivity contribution in [3.05, 3.63) is 29.0 Å². The molecule has 0 bridgehead atoms. The van der Waals surface area contributed by atoms with Crippen molar-refractivity contribution in [1.82, 2.24) is 19.5 Å². The van der Waals surface area contributed by atoms with Gasteiger partial charge in [0.25, 0.3) is 5.56 Å². The van der Waals surface area contributed by atoms with Gasteiger partial charge in [-0.3, -0.25) is 4.79 Å². The van der Waals surface area contributed by atoms with Crippen LogP contribution < -0.4 is 11.3 Å². The van der Waals surface area contributed by atoms with E-state index >= 15 is 0 Å². The van der Waals surface area contributed by atoms with Gasteiger partial charge in [-0.25, -0.2) is 14.5 Å². The molecule has 0 saturated carbocycles. The number of aromatic amines is 1. The average Bonchev–Trinajstić information content (AvgIpc) is 2.56. The Kier molecular flexibility index (Phi) is 1.34. The first-order valence-corrected chi connectivity index (χ1v) is 4.24. The monoisotopic (exact) mass is 202 g/mol. The number of H-pyrrole nitrogens is 1. The summed E-state index contributed by atoms with van der Waals surface area (Å²) < 4.78 is 1.24. The summed E-state index contributed by atoms with van der Waals surface area (Å²) in [5, 5.41) is 0. The van der Waals surface area contributed by atoms with Gasteiger partial charge in [0.1, 0.15) is 5.84 Å². The lowest BCUT2D eigenvalue weighted by atomic mass is 10.4. The summed E-state index contributed by atoms with van der Waals surface area (Å²) in [7, 11) is 0. The minimum Gasteiger partial charge on any atom is -0.369 e. The molecule has 3 heterocycles. The maximum atomic E-state index is 11.9. The minimum absolute atomic E-state index is 0.0858. The SMILES string of the molecule is Nc1nc2nc[nH]c2c(=O)n1C1=NC=C1. The molecule has 74 valence electrons. The van der Waals surface area contributed by atoms with Gasteiger partial charge in [0.05, 0.1) is 6.33 Å². The molecule has 7 heteroatoms. The fourth-order valence-corrected chi connectivity index (χ4v) is 1.40. The molecular weight excluding hydrogens is 196 g/mol. The first-order chi connectivity index (χ1) is 7.27. The summed E-state index contributed by atoms with van der Waals surface area (Å²) in [5.74, 6) is 0.573. The predicted molar refractivity (Wildman–Crippen MR) is 54.5 cm³/mol. The number of nitrogens with zero attached hydrogens (tertiary/aromatic N) is 4. The quantitative estimate of drug-likeness (QED) is 0.599. The van der Waals surface area contributed by atoms with Crippen LogP contribution in [-0.4, -0.2) is 25.4 Å². The summed E-state index contributed by atoms with van der Waals surface area (Å²) >= 11 is 0. The molecule has 0 unspecified atom stereocenters. The van der Waals surface area contributed by atoms with Gasteiger partial charge in [0.15, 0.2) is 11.2 Å². The fourth-order valence-electron chi connectivity index (χ4n) is 1.40. The normalized spacial score (nSPS) is 14.0. The van der Waals surface area contributed by atoms with Gasteiger partial charge in [-0.15, -0.1) is 0 Å². The van der Waals surface area contributed by atoms with Crippen LogP contribution in [0.15, 0.2) is 28.4 Å². The third-order valence-corrected chi connectivity index (χ3v) is 2.15. The Balaban J connectivity index is 2.42. The number of aromatic nitrogens is 4. The molecule has 0 amide bonds. The van der Waals surface area contributed by atoms with Crippen LogP contribution >= 0.6 is 0 Å². The number of aliphatic imine (C=N–C) groups is 1. The van der Waals surface area contributed by atoms with Crippen molar-refractivity contribution < 1.29 is 0 Å². The molecule has 15 heavy (non-hydrogen) atoms. The Hall–Kier alpha value is -2.44. The predicted octanol–water partition coefficient (Wildman–Crippen LogP) is -0.524. The van der Waals surface area contributed by atoms with Crippen molar-refractivity contribution in [2.24, 2.45) is 4.99 Å². The summed E-state index contributed by atoms with van der Waals surface area (Å²) in [5.41, 5.74) is 5.99. The number of nitrogens with one attached hydrogen (secondary N) is 1. The van der Waals surface area contributed by atoms with Crippen molar-refractivity contribution in [2.75, 3.05) is 5.73 Å². The van der Waals surface area contributed by atoms with Crippen LogP contribution in [0.1, 0.15) is 0 Å². The van der Waals surface area contributed by atoms with Gasteiger partial charge < -0.3 is 10.7 Å². The van der Waals surface area contributed by atoms with Gasteiger partial charge >= 0.3 is 0 Å². The van der Waals surface area contributed by atoms with Crippen LogP contribution in [0, 0.1) is 0 Å². The molecule has 1 aliphatic heterocycles. The molecular formula is C8H6N6O. The van der Waals surface area contributed by atoms with E-state index in [-0.39, 0.29) is 11.5 Å². The van der Waals surface area contributed by atoms with Crippen molar-refractivity contribution >= 4 is 22.9 Å². The molecule has 3 rings (SSSR count). The molecule has 3 N–H and O–H groups in total.